The van der Waals surface area contributed by atoms with Crippen LogP contribution in [-0.4, -0.2) is 43.9 Å². The normalized spacial score (nSPS) is 41.8. The summed E-state index contributed by atoms with van der Waals surface area (Å²) in [5.41, 5.74) is -4.92. The molecule has 0 saturated heterocycles. The summed E-state index contributed by atoms with van der Waals surface area (Å²) in [6, 6.07) is 0. The number of ketones is 3. The molecule has 0 amide bonds. The highest BCUT2D eigenvalue weighted by molar-refractivity contribution is 6.31. The second kappa shape index (κ2) is 8.16. The molecule has 33 heavy (non-hydrogen) atoms. The summed E-state index contributed by atoms with van der Waals surface area (Å²) < 4.78 is 0. The zero-order valence-corrected chi connectivity index (χ0v) is 21.1. The molecule has 7 atom stereocenters. The van der Waals surface area contributed by atoms with Gasteiger partial charge in [-0.2, -0.15) is 0 Å². The summed E-state index contributed by atoms with van der Waals surface area (Å²) in [6.45, 7) is 12.2. The second-order valence-corrected chi connectivity index (χ2v) is 11.8. The van der Waals surface area contributed by atoms with Gasteiger partial charge in [0, 0.05) is 5.92 Å². The molecule has 2 saturated carbocycles. The molecule has 6 nitrogen and oxygen atoms in total. The van der Waals surface area contributed by atoms with E-state index < -0.39 is 57.0 Å². The molecule has 184 valence electrons. The van der Waals surface area contributed by atoms with Crippen LogP contribution in [0.2, 0.25) is 0 Å². The molecule has 0 aliphatic heterocycles. The van der Waals surface area contributed by atoms with Crippen LogP contribution >= 0.6 is 0 Å². The Morgan fingerprint density at radius 3 is 2.27 bits per heavy atom. The van der Waals surface area contributed by atoms with E-state index in [4.69, 9.17) is 0 Å². The van der Waals surface area contributed by atoms with Crippen LogP contribution in [0.4, 0.5) is 0 Å². The summed E-state index contributed by atoms with van der Waals surface area (Å²) in [4.78, 5) is 41.2. The minimum Gasteiger partial charge on any atom is -0.510 e. The van der Waals surface area contributed by atoms with E-state index >= 15 is 0 Å². The highest BCUT2D eigenvalue weighted by atomic mass is 16.3. The molecule has 2 fully saturated rings. The standard InChI is InChI=1S/C27H40O6/c1-8-16(4)20(28)19-21(29)24(5,11-9-15(2)3)23(31)27(22(19)30)13-18-17(26(7,33)14-27)10-12-25(18,6)32/h9,16-18,30,32-33H,8,10-14H2,1-7H3/t16-,17-,18-,24+,25+,26+,27-/m0/s1. The number of carbonyl (C=O) groups is 3. The predicted molar refractivity (Wildman–Crippen MR) is 125 cm³/mol. The minimum absolute atomic E-state index is 0.0725. The van der Waals surface area contributed by atoms with Crippen molar-refractivity contribution >= 4 is 17.3 Å². The quantitative estimate of drug-likeness (QED) is 0.321. The molecule has 0 unspecified atom stereocenters. The van der Waals surface area contributed by atoms with Gasteiger partial charge in [-0.3, -0.25) is 14.4 Å². The van der Waals surface area contributed by atoms with Gasteiger partial charge in [-0.1, -0.05) is 25.5 Å². The highest BCUT2D eigenvalue weighted by Crippen LogP contribution is 2.62. The number of Topliss-reactive ketones (excluding diaryl/α,β-unsaturated/α-hetero) is 3. The molecule has 0 aromatic rings. The first-order valence-electron chi connectivity index (χ1n) is 12.2. The Morgan fingerprint density at radius 2 is 1.73 bits per heavy atom. The molecule has 3 aliphatic rings. The van der Waals surface area contributed by atoms with Gasteiger partial charge in [0.1, 0.15) is 11.3 Å². The van der Waals surface area contributed by atoms with Crippen LogP contribution in [-0.2, 0) is 14.4 Å². The van der Waals surface area contributed by atoms with Crippen molar-refractivity contribution in [2.45, 2.75) is 98.2 Å². The Bertz CT molecular complexity index is 934. The average Bonchev–Trinajstić information content (AvgIpc) is 3.04. The maximum atomic E-state index is 14.2. The highest BCUT2D eigenvalue weighted by Gasteiger charge is 2.68. The molecule has 3 N–H and O–H groups in total. The molecule has 3 aliphatic carbocycles. The van der Waals surface area contributed by atoms with Crippen LogP contribution < -0.4 is 0 Å². The summed E-state index contributed by atoms with van der Waals surface area (Å²) in [5, 5.41) is 34.1. The minimum atomic E-state index is -1.59. The SMILES string of the molecule is CC[C@H](C)C(=O)C1=C(O)[C@@]2(C[C@H]3[C@H](CC[C@@]3(C)O)[C@](C)(O)C2)C(=O)[C@](C)(CC=C(C)C)C1=O. The van der Waals surface area contributed by atoms with Crippen molar-refractivity contribution in [3.8, 4) is 0 Å². The molecular weight excluding hydrogens is 420 g/mol. The van der Waals surface area contributed by atoms with Gasteiger partial charge in [0.15, 0.2) is 17.3 Å². The monoisotopic (exact) mass is 460 g/mol. The van der Waals surface area contributed by atoms with E-state index in [0.717, 1.165) is 5.57 Å². The van der Waals surface area contributed by atoms with E-state index in [9.17, 15) is 29.7 Å². The van der Waals surface area contributed by atoms with Crippen molar-refractivity contribution in [3.05, 3.63) is 23.0 Å². The number of rotatable bonds is 5. The topological polar surface area (TPSA) is 112 Å². The van der Waals surface area contributed by atoms with Crippen LogP contribution in [0.5, 0.6) is 0 Å². The Morgan fingerprint density at radius 1 is 1.12 bits per heavy atom. The van der Waals surface area contributed by atoms with E-state index in [1.54, 1.807) is 27.7 Å². The number of fused-ring (bicyclic) bond motifs is 1. The summed E-state index contributed by atoms with van der Waals surface area (Å²) in [5.74, 6) is -3.22. The van der Waals surface area contributed by atoms with E-state index in [1.165, 1.54) is 0 Å². The molecule has 3 rings (SSSR count). The van der Waals surface area contributed by atoms with Crippen molar-refractivity contribution < 1.29 is 29.7 Å². The van der Waals surface area contributed by atoms with Crippen LogP contribution in [0, 0.1) is 28.6 Å². The number of aliphatic hydroxyl groups excluding tert-OH is 1. The third-order valence-electron chi connectivity index (χ3n) is 8.85. The maximum absolute atomic E-state index is 14.2. The fraction of sp³-hybridized carbons (Fsp3) is 0.741. The summed E-state index contributed by atoms with van der Waals surface area (Å²) >= 11 is 0. The molecule has 1 spiro atoms. The van der Waals surface area contributed by atoms with Crippen molar-refractivity contribution in [1.82, 2.24) is 0 Å². The van der Waals surface area contributed by atoms with Crippen LogP contribution in [0.1, 0.15) is 87.0 Å². The van der Waals surface area contributed by atoms with Crippen molar-refractivity contribution in [1.29, 1.82) is 0 Å². The van der Waals surface area contributed by atoms with Gasteiger partial charge in [-0.25, -0.2) is 0 Å². The van der Waals surface area contributed by atoms with Crippen molar-refractivity contribution in [2.24, 2.45) is 28.6 Å². The van der Waals surface area contributed by atoms with Gasteiger partial charge in [-0.05, 0) is 85.0 Å². The molecule has 0 heterocycles. The van der Waals surface area contributed by atoms with Crippen LogP contribution in [0.3, 0.4) is 0 Å². The third kappa shape index (κ3) is 3.83. The van der Waals surface area contributed by atoms with Gasteiger partial charge in [0.2, 0.25) is 0 Å². The lowest BCUT2D eigenvalue weighted by Gasteiger charge is -2.54. The van der Waals surface area contributed by atoms with E-state index in [1.807, 2.05) is 26.8 Å². The summed E-state index contributed by atoms with van der Waals surface area (Å²) in [6.07, 6.45) is 3.56. The summed E-state index contributed by atoms with van der Waals surface area (Å²) in [7, 11) is 0. The lowest BCUT2D eigenvalue weighted by atomic mass is 9.49. The number of hydrogen-bond acceptors (Lipinski definition) is 6. The smallest absolute Gasteiger partial charge is 0.183 e. The lowest BCUT2D eigenvalue weighted by molar-refractivity contribution is -0.167. The number of allylic oxidation sites excluding steroid dienone is 4. The number of carbonyl (C=O) groups excluding carboxylic acids is 3. The Kier molecular flexibility index (Phi) is 6.38. The molecule has 0 aromatic carbocycles. The average molecular weight is 461 g/mol. The van der Waals surface area contributed by atoms with Gasteiger partial charge >= 0.3 is 0 Å². The predicted octanol–water partition coefficient (Wildman–Crippen LogP) is 4.24. The van der Waals surface area contributed by atoms with E-state index in [0.29, 0.717) is 19.3 Å². The molecule has 0 bridgehead atoms. The Labute approximate surface area is 197 Å². The Hall–Kier alpha value is -1.79. The lowest BCUT2D eigenvalue weighted by Crippen LogP contribution is -2.61. The second-order valence-electron chi connectivity index (χ2n) is 11.8. The van der Waals surface area contributed by atoms with E-state index in [-0.39, 0.29) is 30.8 Å². The van der Waals surface area contributed by atoms with E-state index in [2.05, 4.69) is 0 Å². The molecular formula is C27H40O6. The fourth-order valence-electron chi connectivity index (χ4n) is 6.53. The molecule has 0 radical (unpaired) electrons. The maximum Gasteiger partial charge on any atom is 0.183 e. The first-order valence-corrected chi connectivity index (χ1v) is 12.2. The fourth-order valence-corrected chi connectivity index (χ4v) is 6.53. The Balaban J connectivity index is 2.28. The van der Waals surface area contributed by atoms with Crippen LogP contribution in [0.15, 0.2) is 23.0 Å². The molecule has 6 heteroatoms. The van der Waals surface area contributed by atoms with Gasteiger partial charge in [-0.15, -0.1) is 0 Å². The largest absolute Gasteiger partial charge is 0.510 e. The van der Waals surface area contributed by atoms with Gasteiger partial charge in [0.05, 0.1) is 22.0 Å². The third-order valence-corrected chi connectivity index (χ3v) is 8.85. The number of aliphatic hydroxyl groups is 3. The van der Waals surface area contributed by atoms with Crippen LogP contribution in [0.25, 0.3) is 0 Å². The van der Waals surface area contributed by atoms with Crippen molar-refractivity contribution in [3.63, 3.8) is 0 Å². The number of hydrogen-bond donors (Lipinski definition) is 3. The molecule has 0 aromatic heterocycles. The zero-order valence-electron chi connectivity index (χ0n) is 21.1. The first-order chi connectivity index (χ1) is 15.0. The zero-order chi connectivity index (χ0) is 25.1. The van der Waals surface area contributed by atoms with Crippen molar-refractivity contribution in [2.75, 3.05) is 0 Å². The first kappa shape index (κ1) is 25.8. The van der Waals surface area contributed by atoms with Gasteiger partial charge in [0.25, 0.3) is 0 Å². The van der Waals surface area contributed by atoms with Gasteiger partial charge < -0.3 is 15.3 Å².